The highest BCUT2D eigenvalue weighted by Gasteiger charge is 2.09. The van der Waals surface area contributed by atoms with E-state index in [1.807, 2.05) is 36.4 Å². The fourth-order valence-corrected chi connectivity index (χ4v) is 3.15. The van der Waals surface area contributed by atoms with Crippen LogP contribution >= 0.6 is 12.2 Å². The van der Waals surface area contributed by atoms with Gasteiger partial charge in [-0.2, -0.15) is 14.9 Å². The lowest BCUT2D eigenvalue weighted by atomic mass is 10.2. The van der Waals surface area contributed by atoms with Gasteiger partial charge >= 0.3 is 0 Å². The van der Waals surface area contributed by atoms with Crippen LogP contribution in [0.4, 0.5) is 4.39 Å². The van der Waals surface area contributed by atoms with Crippen LogP contribution in [-0.2, 0) is 6.61 Å². The summed E-state index contributed by atoms with van der Waals surface area (Å²) in [4.78, 5) is 0. The van der Waals surface area contributed by atoms with Gasteiger partial charge in [0.05, 0.1) is 13.3 Å². The number of aromatic amines is 1. The Kier molecular flexibility index (Phi) is 6.18. The third-order valence-electron chi connectivity index (χ3n) is 4.48. The molecule has 8 heteroatoms. The molecule has 0 aliphatic rings. The normalized spacial score (nSPS) is 11.0. The molecule has 4 aromatic rings. The van der Waals surface area contributed by atoms with Crippen LogP contribution in [0.15, 0.2) is 77.9 Å². The Bertz CT molecular complexity index is 1270. The summed E-state index contributed by atoms with van der Waals surface area (Å²) in [7, 11) is 1.56. The lowest BCUT2D eigenvalue weighted by Gasteiger charge is -2.11. The topological polar surface area (TPSA) is 64.4 Å². The van der Waals surface area contributed by atoms with Crippen molar-refractivity contribution in [1.82, 2.24) is 14.9 Å². The maximum atomic E-state index is 13.3. The molecular formula is C23H19FN4O2S. The smallest absolute Gasteiger partial charge is 0.216 e. The minimum Gasteiger partial charge on any atom is -0.493 e. The first kappa shape index (κ1) is 20.5. The molecule has 0 saturated heterocycles. The third kappa shape index (κ3) is 4.87. The van der Waals surface area contributed by atoms with E-state index in [9.17, 15) is 4.39 Å². The monoisotopic (exact) mass is 434 g/mol. The van der Waals surface area contributed by atoms with Gasteiger partial charge in [-0.15, -0.1) is 0 Å². The van der Waals surface area contributed by atoms with E-state index in [0.29, 0.717) is 22.1 Å². The van der Waals surface area contributed by atoms with Crippen molar-refractivity contribution >= 4 is 18.4 Å². The number of hydrogen-bond acceptors (Lipinski definition) is 5. The van der Waals surface area contributed by atoms with E-state index in [-0.39, 0.29) is 12.4 Å². The van der Waals surface area contributed by atoms with Gasteiger partial charge in [0.15, 0.2) is 17.3 Å². The van der Waals surface area contributed by atoms with Crippen LogP contribution in [0.1, 0.15) is 11.1 Å². The Morgan fingerprint density at radius 3 is 2.68 bits per heavy atom. The number of aromatic nitrogens is 3. The van der Waals surface area contributed by atoms with Gasteiger partial charge in [0, 0.05) is 5.56 Å². The predicted molar refractivity (Wildman–Crippen MR) is 120 cm³/mol. The van der Waals surface area contributed by atoms with E-state index in [4.69, 9.17) is 21.7 Å². The van der Waals surface area contributed by atoms with Gasteiger partial charge in [-0.25, -0.2) is 9.49 Å². The molecule has 1 heterocycles. The van der Waals surface area contributed by atoms with Crippen LogP contribution in [0.2, 0.25) is 0 Å². The van der Waals surface area contributed by atoms with Gasteiger partial charge in [-0.1, -0.05) is 42.5 Å². The Morgan fingerprint density at radius 2 is 1.90 bits per heavy atom. The third-order valence-corrected chi connectivity index (χ3v) is 4.74. The number of benzene rings is 3. The second-order valence-corrected chi connectivity index (χ2v) is 6.99. The zero-order chi connectivity index (χ0) is 21.6. The number of hydrogen-bond donors (Lipinski definition) is 1. The molecular weight excluding hydrogens is 415 g/mol. The molecule has 0 aliphatic heterocycles. The highest BCUT2D eigenvalue weighted by molar-refractivity contribution is 7.71. The van der Waals surface area contributed by atoms with Gasteiger partial charge in [-0.05, 0) is 53.7 Å². The molecule has 31 heavy (non-hydrogen) atoms. The number of rotatable bonds is 7. The van der Waals surface area contributed by atoms with Crippen LogP contribution in [0.3, 0.4) is 0 Å². The summed E-state index contributed by atoms with van der Waals surface area (Å²) in [6.07, 6.45) is 1.66. The Balaban J connectivity index is 1.54. The molecule has 4 rings (SSSR count). The first-order chi connectivity index (χ1) is 15.1. The van der Waals surface area contributed by atoms with Crippen LogP contribution in [-0.4, -0.2) is 28.2 Å². The first-order valence-electron chi connectivity index (χ1n) is 9.46. The molecule has 0 unspecified atom stereocenters. The lowest BCUT2D eigenvalue weighted by Crippen LogP contribution is -1.99. The zero-order valence-corrected chi connectivity index (χ0v) is 17.5. The Morgan fingerprint density at radius 1 is 1.06 bits per heavy atom. The molecule has 3 aromatic carbocycles. The average molecular weight is 434 g/mol. The summed E-state index contributed by atoms with van der Waals surface area (Å²) in [6, 6.07) is 21.4. The minimum atomic E-state index is -0.299. The largest absolute Gasteiger partial charge is 0.493 e. The number of nitrogens with one attached hydrogen (secondary N) is 1. The SMILES string of the molecule is COc1cc(/C=N\n2c(-c3ccccc3)n[nH]c2=S)ccc1OCc1cccc(F)c1. The number of nitrogens with zero attached hydrogens (tertiary/aromatic N) is 3. The van der Waals surface area contributed by atoms with E-state index < -0.39 is 0 Å². The van der Waals surface area contributed by atoms with Crippen LogP contribution < -0.4 is 9.47 Å². The van der Waals surface area contributed by atoms with Gasteiger partial charge < -0.3 is 9.47 Å². The highest BCUT2D eigenvalue weighted by Crippen LogP contribution is 2.28. The second-order valence-electron chi connectivity index (χ2n) is 6.60. The van der Waals surface area contributed by atoms with Gasteiger partial charge in [-0.3, -0.25) is 0 Å². The van der Waals surface area contributed by atoms with Crippen molar-refractivity contribution in [2.45, 2.75) is 6.61 Å². The maximum Gasteiger partial charge on any atom is 0.216 e. The number of halogens is 1. The standard InChI is InChI=1S/C23H19FN4O2S/c1-29-21-13-16(10-11-20(21)30-15-17-6-5-9-19(24)12-17)14-25-28-22(26-27-23(28)31)18-7-3-2-4-8-18/h2-14H,15H2,1H3,(H,27,31)/b25-14-. The number of H-pyrrole nitrogens is 1. The summed E-state index contributed by atoms with van der Waals surface area (Å²) in [5.41, 5.74) is 2.42. The fraction of sp³-hybridized carbons (Fsp3) is 0.0870. The van der Waals surface area contributed by atoms with Crippen LogP contribution in [0, 0.1) is 10.6 Å². The van der Waals surface area contributed by atoms with E-state index in [1.54, 1.807) is 42.3 Å². The first-order valence-corrected chi connectivity index (χ1v) is 9.87. The predicted octanol–water partition coefficient (Wildman–Crippen LogP) is 5.22. The summed E-state index contributed by atoms with van der Waals surface area (Å²) >= 11 is 5.31. The number of ether oxygens (including phenoxy) is 2. The summed E-state index contributed by atoms with van der Waals surface area (Å²) in [6.45, 7) is 0.228. The summed E-state index contributed by atoms with van der Waals surface area (Å²) < 4.78 is 26.5. The zero-order valence-electron chi connectivity index (χ0n) is 16.7. The molecule has 0 bridgehead atoms. The molecule has 156 valence electrons. The van der Waals surface area contributed by atoms with Crippen molar-refractivity contribution in [3.63, 3.8) is 0 Å². The Labute approximate surface area is 183 Å². The van der Waals surface area contributed by atoms with Crippen molar-refractivity contribution < 1.29 is 13.9 Å². The van der Waals surface area contributed by atoms with Crippen molar-refractivity contribution in [3.8, 4) is 22.9 Å². The average Bonchev–Trinajstić information content (AvgIpc) is 3.17. The second kappa shape index (κ2) is 9.36. The summed E-state index contributed by atoms with van der Waals surface area (Å²) in [5.74, 6) is 1.41. The lowest BCUT2D eigenvalue weighted by molar-refractivity contribution is 0.284. The summed E-state index contributed by atoms with van der Waals surface area (Å²) in [5, 5.41) is 11.5. The van der Waals surface area contributed by atoms with Crippen molar-refractivity contribution in [2.24, 2.45) is 5.10 Å². The number of methoxy groups -OCH3 is 1. The van der Waals surface area contributed by atoms with Gasteiger partial charge in [0.1, 0.15) is 12.4 Å². The van der Waals surface area contributed by atoms with Crippen molar-refractivity contribution in [2.75, 3.05) is 7.11 Å². The fourth-order valence-electron chi connectivity index (χ4n) is 2.97. The molecule has 0 fully saturated rings. The molecule has 0 aliphatic carbocycles. The van der Waals surface area contributed by atoms with Gasteiger partial charge in [0.25, 0.3) is 0 Å². The molecule has 1 N–H and O–H groups in total. The Hall–Kier alpha value is -3.78. The molecule has 0 amide bonds. The van der Waals surface area contributed by atoms with E-state index >= 15 is 0 Å². The van der Waals surface area contributed by atoms with E-state index in [0.717, 1.165) is 16.7 Å². The molecule has 1 aromatic heterocycles. The quantitative estimate of drug-likeness (QED) is 0.320. The molecule has 0 saturated carbocycles. The molecule has 6 nitrogen and oxygen atoms in total. The highest BCUT2D eigenvalue weighted by atomic mass is 32.1. The van der Waals surface area contributed by atoms with Crippen molar-refractivity contribution in [3.05, 3.63) is 94.5 Å². The maximum absolute atomic E-state index is 13.3. The van der Waals surface area contributed by atoms with Crippen LogP contribution in [0.5, 0.6) is 11.5 Å². The molecule has 0 spiro atoms. The van der Waals surface area contributed by atoms with Crippen molar-refractivity contribution in [1.29, 1.82) is 0 Å². The van der Waals surface area contributed by atoms with E-state index in [2.05, 4.69) is 15.3 Å². The van der Waals surface area contributed by atoms with Crippen LogP contribution in [0.25, 0.3) is 11.4 Å². The van der Waals surface area contributed by atoms with E-state index in [1.165, 1.54) is 12.1 Å². The molecule has 0 radical (unpaired) electrons. The minimum absolute atomic E-state index is 0.228. The van der Waals surface area contributed by atoms with Gasteiger partial charge in [0.2, 0.25) is 4.77 Å². The molecule has 0 atom stereocenters.